The lowest BCUT2D eigenvalue weighted by molar-refractivity contribution is 0.660. The van der Waals surface area contributed by atoms with E-state index in [1.54, 1.807) is 0 Å². The second kappa shape index (κ2) is 8.56. The van der Waals surface area contributed by atoms with E-state index in [0.717, 1.165) is 0 Å². The van der Waals surface area contributed by atoms with Crippen molar-refractivity contribution in [3.05, 3.63) is 145 Å². The van der Waals surface area contributed by atoms with Gasteiger partial charge in [-0.25, -0.2) is 0 Å². The van der Waals surface area contributed by atoms with Crippen LogP contribution in [0.25, 0.3) is 66.5 Å². The van der Waals surface area contributed by atoms with Crippen LogP contribution in [0.3, 0.4) is 0 Å². The summed E-state index contributed by atoms with van der Waals surface area (Å²) in [6.07, 6.45) is 0. The Bertz CT molecular complexity index is 2490. The van der Waals surface area contributed by atoms with Gasteiger partial charge in [0.05, 0.1) is 16.7 Å². The maximum atomic E-state index is 2.53. The molecule has 2 nitrogen and oxygen atoms in total. The van der Waals surface area contributed by atoms with Crippen LogP contribution < -0.4 is 0 Å². The second-order valence-electron chi connectivity index (χ2n) is 12.6. The molecule has 3 heterocycles. The molecule has 2 aromatic heterocycles. The fraction of sp³-hybridized carbons (Fsp3) is 0.0732. The molecular weight excluding hydrogens is 553 g/mol. The monoisotopic (exact) mass is 580 g/mol. The van der Waals surface area contributed by atoms with Gasteiger partial charge in [-0.3, -0.25) is 9.13 Å². The van der Waals surface area contributed by atoms with Gasteiger partial charge >= 0.3 is 0 Å². The normalized spacial score (nSPS) is 14.2. The minimum absolute atomic E-state index is 0.0280. The summed E-state index contributed by atoms with van der Waals surface area (Å²) in [6, 6.07) is 49.4. The van der Waals surface area contributed by atoms with Gasteiger partial charge in [0.1, 0.15) is 5.65 Å². The zero-order valence-corrected chi connectivity index (χ0v) is 25.3. The molecule has 0 N–H and O–H groups in total. The highest BCUT2D eigenvalue weighted by Gasteiger charge is 2.36. The number of fused-ring (bicyclic) bond motifs is 10. The van der Waals surface area contributed by atoms with Crippen molar-refractivity contribution < 1.29 is 0 Å². The SMILES string of the molecule is CC1(C)c2ccccc2-c2cc(-n3c4cccc(-c5ccccc5)c4c4c5cccc6c5n(c43)-c3ccccc3S6)ccc21. The van der Waals surface area contributed by atoms with Crippen molar-refractivity contribution in [1.82, 2.24) is 9.13 Å². The van der Waals surface area contributed by atoms with Gasteiger partial charge in [-0.15, -0.1) is 0 Å². The van der Waals surface area contributed by atoms with Gasteiger partial charge in [-0.1, -0.05) is 123 Å². The molecule has 2 aliphatic rings. The van der Waals surface area contributed by atoms with Crippen molar-refractivity contribution in [2.24, 2.45) is 0 Å². The van der Waals surface area contributed by atoms with Gasteiger partial charge in [-0.2, -0.15) is 0 Å². The van der Waals surface area contributed by atoms with Gasteiger partial charge < -0.3 is 0 Å². The number of nitrogens with zero attached hydrogens (tertiary/aromatic N) is 2. The number of rotatable bonds is 2. The van der Waals surface area contributed by atoms with E-state index in [2.05, 4.69) is 156 Å². The van der Waals surface area contributed by atoms with Crippen molar-refractivity contribution in [3.8, 4) is 33.6 Å². The van der Waals surface area contributed by atoms with E-state index in [-0.39, 0.29) is 5.41 Å². The maximum absolute atomic E-state index is 2.53. The van der Waals surface area contributed by atoms with Gasteiger partial charge in [0.2, 0.25) is 0 Å². The van der Waals surface area contributed by atoms with Gasteiger partial charge in [0.15, 0.2) is 0 Å². The Morgan fingerprint density at radius 3 is 2.18 bits per heavy atom. The van der Waals surface area contributed by atoms with Crippen molar-refractivity contribution in [1.29, 1.82) is 0 Å². The van der Waals surface area contributed by atoms with Gasteiger partial charge in [-0.05, 0) is 69.8 Å². The van der Waals surface area contributed by atoms with Crippen LogP contribution in [-0.4, -0.2) is 9.13 Å². The quantitative estimate of drug-likeness (QED) is 0.198. The molecule has 0 unspecified atom stereocenters. The molecule has 0 saturated heterocycles. The molecule has 10 rings (SSSR count). The molecule has 0 saturated carbocycles. The molecule has 1 aliphatic heterocycles. The van der Waals surface area contributed by atoms with Crippen LogP contribution in [0.2, 0.25) is 0 Å². The van der Waals surface area contributed by atoms with Crippen LogP contribution in [0.4, 0.5) is 0 Å². The Labute approximate surface area is 260 Å². The van der Waals surface area contributed by atoms with Crippen molar-refractivity contribution in [2.75, 3.05) is 0 Å². The molecule has 208 valence electrons. The zero-order chi connectivity index (χ0) is 29.2. The van der Waals surface area contributed by atoms with E-state index in [4.69, 9.17) is 0 Å². The zero-order valence-electron chi connectivity index (χ0n) is 24.5. The molecule has 0 spiro atoms. The average Bonchev–Trinajstić information content (AvgIpc) is 3.66. The summed E-state index contributed by atoms with van der Waals surface area (Å²) in [5, 5.41) is 3.93. The van der Waals surface area contributed by atoms with Gasteiger partial charge in [0.25, 0.3) is 0 Å². The smallest absolute Gasteiger partial charge is 0.131 e. The third kappa shape index (κ3) is 3.02. The van der Waals surface area contributed by atoms with Crippen LogP contribution in [0.5, 0.6) is 0 Å². The fourth-order valence-electron chi connectivity index (χ4n) is 7.98. The molecule has 0 amide bonds. The second-order valence-corrected chi connectivity index (χ2v) is 13.6. The maximum Gasteiger partial charge on any atom is 0.131 e. The van der Waals surface area contributed by atoms with Gasteiger partial charge in [0, 0.05) is 37.1 Å². The summed E-state index contributed by atoms with van der Waals surface area (Å²) in [6.45, 7) is 4.71. The minimum Gasteiger partial charge on any atom is -0.295 e. The molecule has 0 bridgehead atoms. The highest BCUT2D eigenvalue weighted by atomic mass is 32.2. The predicted molar refractivity (Wildman–Crippen MR) is 185 cm³/mol. The Morgan fingerprint density at radius 2 is 1.27 bits per heavy atom. The summed E-state index contributed by atoms with van der Waals surface area (Å²) in [7, 11) is 0. The summed E-state index contributed by atoms with van der Waals surface area (Å²) in [5.74, 6) is 0. The highest BCUT2D eigenvalue weighted by Crippen LogP contribution is 2.52. The van der Waals surface area contributed by atoms with E-state index >= 15 is 0 Å². The first-order valence-corrected chi connectivity index (χ1v) is 16.1. The van der Waals surface area contributed by atoms with Crippen LogP contribution in [0.15, 0.2) is 143 Å². The number of hydrogen-bond donors (Lipinski definition) is 0. The molecule has 8 aromatic rings. The lowest BCUT2D eigenvalue weighted by Crippen LogP contribution is -2.14. The third-order valence-electron chi connectivity index (χ3n) is 9.91. The first-order chi connectivity index (χ1) is 21.6. The summed E-state index contributed by atoms with van der Waals surface area (Å²) < 4.78 is 5.06. The summed E-state index contributed by atoms with van der Waals surface area (Å²) in [5.41, 5.74) is 14.1. The van der Waals surface area contributed by atoms with Crippen LogP contribution in [0, 0.1) is 0 Å². The average molecular weight is 581 g/mol. The Morgan fingerprint density at radius 1 is 0.545 bits per heavy atom. The molecule has 0 fully saturated rings. The van der Waals surface area contributed by atoms with Crippen LogP contribution in [0.1, 0.15) is 25.0 Å². The summed E-state index contributed by atoms with van der Waals surface area (Å²) >= 11 is 1.88. The Kier molecular flexibility index (Phi) is 4.75. The number of aromatic nitrogens is 2. The molecule has 44 heavy (non-hydrogen) atoms. The standard InChI is InChI=1S/C41H28N2S/c1-41(2)31-17-7-6-14-28(31)30-24-26(22-23-32(30)41)42-34-19-10-15-27(25-12-4-3-5-13-25)37(34)38-29-16-11-21-36-39(29)43(40(38)42)33-18-8-9-20-35(33)44-36/h3-24H,1-2H3. The fourth-order valence-corrected chi connectivity index (χ4v) is 9.08. The highest BCUT2D eigenvalue weighted by molar-refractivity contribution is 7.99. The number of para-hydroxylation sites is 2. The first-order valence-electron chi connectivity index (χ1n) is 15.3. The Hall–Kier alpha value is -4.99. The summed E-state index contributed by atoms with van der Waals surface area (Å²) in [4.78, 5) is 2.59. The topological polar surface area (TPSA) is 9.86 Å². The van der Waals surface area contributed by atoms with E-state index in [1.807, 2.05) is 11.8 Å². The molecule has 0 radical (unpaired) electrons. The van der Waals surface area contributed by atoms with Crippen molar-refractivity contribution in [3.63, 3.8) is 0 Å². The molecule has 6 aromatic carbocycles. The van der Waals surface area contributed by atoms with Crippen LogP contribution >= 0.6 is 11.8 Å². The molecule has 1 aliphatic carbocycles. The number of hydrogen-bond acceptors (Lipinski definition) is 1. The molecular formula is C41H28N2S. The van der Waals surface area contributed by atoms with Crippen LogP contribution in [-0.2, 0) is 5.41 Å². The third-order valence-corrected chi connectivity index (χ3v) is 11.0. The largest absolute Gasteiger partial charge is 0.295 e. The van der Waals surface area contributed by atoms with Crippen molar-refractivity contribution >= 4 is 44.6 Å². The lowest BCUT2D eigenvalue weighted by atomic mass is 9.82. The van der Waals surface area contributed by atoms with E-state index in [9.17, 15) is 0 Å². The number of benzene rings is 6. The lowest BCUT2D eigenvalue weighted by Gasteiger charge is -2.22. The molecule has 0 atom stereocenters. The minimum atomic E-state index is -0.0280. The van der Waals surface area contributed by atoms with Crippen molar-refractivity contribution in [2.45, 2.75) is 29.1 Å². The predicted octanol–water partition coefficient (Wildman–Crippen LogP) is 11.2. The Balaban J connectivity index is 1.41. The first kappa shape index (κ1) is 24.5. The van der Waals surface area contributed by atoms with E-state index in [0.29, 0.717) is 0 Å². The molecule has 3 heteroatoms. The van der Waals surface area contributed by atoms with E-state index in [1.165, 1.54) is 87.4 Å². The van der Waals surface area contributed by atoms with E-state index < -0.39 is 0 Å².